The lowest BCUT2D eigenvalue weighted by molar-refractivity contribution is 0.383. The Morgan fingerprint density at radius 2 is 1.95 bits per heavy atom. The molecule has 21 heavy (non-hydrogen) atoms. The van der Waals surface area contributed by atoms with Gasteiger partial charge in [0.25, 0.3) is 0 Å². The van der Waals surface area contributed by atoms with Crippen LogP contribution in [0.1, 0.15) is 17.3 Å². The summed E-state index contributed by atoms with van der Waals surface area (Å²) in [5.41, 5.74) is 1.82. The van der Waals surface area contributed by atoms with Gasteiger partial charge in [0.15, 0.2) is 0 Å². The second-order valence-corrected chi connectivity index (χ2v) is 5.56. The molecule has 0 aliphatic carbocycles. The number of halogens is 2. The number of methoxy groups -OCH3 is 2. The Bertz CT molecular complexity index is 620. The average molecular weight is 372 g/mol. The van der Waals surface area contributed by atoms with Crippen LogP contribution in [0.15, 0.2) is 34.9 Å². The van der Waals surface area contributed by atoms with E-state index in [1.807, 2.05) is 31.3 Å². The molecule has 1 unspecified atom stereocenters. The highest BCUT2D eigenvalue weighted by atomic mass is 79.9. The van der Waals surface area contributed by atoms with Crippen LogP contribution in [0.25, 0.3) is 0 Å². The normalized spacial score (nSPS) is 12.0. The summed E-state index contributed by atoms with van der Waals surface area (Å²) in [6.07, 6.45) is 1.63. The van der Waals surface area contributed by atoms with Gasteiger partial charge in [-0.1, -0.05) is 11.6 Å². The quantitative estimate of drug-likeness (QED) is 0.867. The van der Waals surface area contributed by atoms with Crippen LogP contribution in [0.2, 0.25) is 5.02 Å². The fraction of sp³-hybridized carbons (Fsp3) is 0.267. The van der Waals surface area contributed by atoms with Crippen molar-refractivity contribution in [3.63, 3.8) is 0 Å². The molecule has 0 aliphatic heterocycles. The molecule has 0 fully saturated rings. The van der Waals surface area contributed by atoms with E-state index in [9.17, 15) is 0 Å². The number of aromatic nitrogens is 1. The lowest BCUT2D eigenvalue weighted by Gasteiger charge is -2.21. The highest BCUT2D eigenvalue weighted by Crippen LogP contribution is 2.40. The maximum Gasteiger partial charge on any atom is 0.141 e. The summed E-state index contributed by atoms with van der Waals surface area (Å²) in [5, 5.41) is 3.85. The Morgan fingerprint density at radius 1 is 1.19 bits per heavy atom. The largest absolute Gasteiger partial charge is 0.495 e. The fourth-order valence-corrected chi connectivity index (χ4v) is 2.96. The summed E-state index contributed by atoms with van der Waals surface area (Å²) in [6, 6.07) is 7.45. The topological polar surface area (TPSA) is 43.4 Å². The summed E-state index contributed by atoms with van der Waals surface area (Å²) in [4.78, 5) is 4.38. The first-order valence-electron chi connectivity index (χ1n) is 6.31. The molecule has 0 amide bonds. The third kappa shape index (κ3) is 3.31. The van der Waals surface area contributed by atoms with Crippen molar-refractivity contribution >= 4 is 27.5 Å². The van der Waals surface area contributed by atoms with Gasteiger partial charge in [0.05, 0.1) is 31.0 Å². The molecule has 0 bridgehead atoms. The molecule has 1 aromatic carbocycles. The van der Waals surface area contributed by atoms with Crippen LogP contribution in [-0.4, -0.2) is 26.3 Å². The Morgan fingerprint density at radius 3 is 2.48 bits per heavy atom. The smallest absolute Gasteiger partial charge is 0.141 e. The minimum absolute atomic E-state index is 0.112. The Kier molecular flexibility index (Phi) is 5.45. The van der Waals surface area contributed by atoms with Gasteiger partial charge in [-0.15, -0.1) is 0 Å². The first kappa shape index (κ1) is 16.1. The third-order valence-electron chi connectivity index (χ3n) is 3.16. The Labute approximate surface area is 137 Å². The van der Waals surface area contributed by atoms with E-state index in [0.29, 0.717) is 10.8 Å². The molecule has 1 heterocycles. The molecule has 0 saturated carbocycles. The maximum atomic E-state index is 5.90. The lowest BCUT2D eigenvalue weighted by atomic mass is 10.0. The monoisotopic (exact) mass is 370 g/mol. The molecule has 0 radical (unpaired) electrons. The zero-order chi connectivity index (χ0) is 15.4. The minimum atomic E-state index is -0.112. The summed E-state index contributed by atoms with van der Waals surface area (Å²) in [6.45, 7) is 0. The van der Waals surface area contributed by atoms with Crippen LogP contribution >= 0.6 is 27.5 Å². The highest BCUT2D eigenvalue weighted by molar-refractivity contribution is 9.10. The van der Waals surface area contributed by atoms with Gasteiger partial charge in [-0.2, -0.15) is 0 Å². The van der Waals surface area contributed by atoms with Crippen molar-refractivity contribution in [1.29, 1.82) is 0 Å². The summed E-state index contributed by atoms with van der Waals surface area (Å²) in [7, 11) is 5.12. The molecule has 6 heteroatoms. The van der Waals surface area contributed by atoms with Crippen LogP contribution in [0.4, 0.5) is 0 Å². The predicted octanol–water partition coefficient (Wildman–Crippen LogP) is 3.82. The van der Waals surface area contributed by atoms with Crippen LogP contribution in [0.5, 0.6) is 11.5 Å². The number of pyridine rings is 1. The van der Waals surface area contributed by atoms with Gasteiger partial charge in [0.2, 0.25) is 0 Å². The number of benzene rings is 1. The molecule has 2 aromatic rings. The SMILES string of the molecule is CNC(c1ccc(Cl)cn1)c1ccc(OC)c(Br)c1OC. The zero-order valence-electron chi connectivity index (χ0n) is 12.0. The van der Waals surface area contributed by atoms with E-state index in [-0.39, 0.29) is 6.04 Å². The molecule has 112 valence electrons. The minimum Gasteiger partial charge on any atom is -0.495 e. The van der Waals surface area contributed by atoms with E-state index in [2.05, 4.69) is 26.2 Å². The summed E-state index contributed by atoms with van der Waals surface area (Å²) >= 11 is 9.41. The van der Waals surface area contributed by atoms with Crippen LogP contribution in [-0.2, 0) is 0 Å². The van der Waals surface area contributed by atoms with Crippen molar-refractivity contribution < 1.29 is 9.47 Å². The van der Waals surface area contributed by atoms with Gasteiger partial charge in [-0.05, 0) is 47.2 Å². The summed E-state index contributed by atoms with van der Waals surface area (Å²) in [5.74, 6) is 1.43. The lowest BCUT2D eigenvalue weighted by Crippen LogP contribution is -2.19. The van der Waals surface area contributed by atoms with E-state index in [0.717, 1.165) is 21.5 Å². The van der Waals surface area contributed by atoms with Crippen molar-refractivity contribution in [2.45, 2.75) is 6.04 Å². The van der Waals surface area contributed by atoms with Gasteiger partial charge >= 0.3 is 0 Å². The van der Waals surface area contributed by atoms with Gasteiger partial charge in [0.1, 0.15) is 16.0 Å². The number of hydrogen-bond donors (Lipinski definition) is 1. The molecule has 4 nitrogen and oxygen atoms in total. The van der Waals surface area contributed by atoms with Crippen molar-refractivity contribution in [1.82, 2.24) is 10.3 Å². The number of rotatable bonds is 5. The van der Waals surface area contributed by atoms with Crippen molar-refractivity contribution in [2.24, 2.45) is 0 Å². The van der Waals surface area contributed by atoms with E-state index < -0.39 is 0 Å². The number of nitrogens with one attached hydrogen (secondary N) is 1. The molecule has 1 atom stereocenters. The molecule has 0 aliphatic rings. The van der Waals surface area contributed by atoms with Gasteiger partial charge in [-0.3, -0.25) is 4.98 Å². The van der Waals surface area contributed by atoms with Gasteiger partial charge in [0, 0.05) is 11.8 Å². The van der Waals surface area contributed by atoms with Gasteiger partial charge in [-0.25, -0.2) is 0 Å². The Hall–Kier alpha value is -1.30. The fourth-order valence-electron chi connectivity index (χ4n) is 2.17. The Balaban J connectivity index is 2.52. The number of ether oxygens (including phenoxy) is 2. The maximum absolute atomic E-state index is 5.90. The third-order valence-corrected chi connectivity index (χ3v) is 4.14. The van der Waals surface area contributed by atoms with E-state index in [1.54, 1.807) is 20.4 Å². The van der Waals surface area contributed by atoms with Crippen molar-refractivity contribution in [2.75, 3.05) is 21.3 Å². The molecule has 0 saturated heterocycles. The number of nitrogens with zero attached hydrogens (tertiary/aromatic N) is 1. The van der Waals surface area contributed by atoms with Crippen molar-refractivity contribution in [3.8, 4) is 11.5 Å². The first-order valence-corrected chi connectivity index (χ1v) is 7.48. The second kappa shape index (κ2) is 7.11. The molecule has 2 rings (SSSR count). The van der Waals surface area contributed by atoms with Crippen molar-refractivity contribution in [3.05, 3.63) is 51.2 Å². The van der Waals surface area contributed by atoms with E-state index in [4.69, 9.17) is 21.1 Å². The van der Waals surface area contributed by atoms with E-state index in [1.165, 1.54) is 0 Å². The average Bonchev–Trinajstić information content (AvgIpc) is 2.50. The summed E-state index contributed by atoms with van der Waals surface area (Å²) < 4.78 is 11.6. The predicted molar refractivity (Wildman–Crippen MR) is 87.4 cm³/mol. The molecular formula is C15H16BrClN2O2. The van der Waals surface area contributed by atoms with Gasteiger partial charge < -0.3 is 14.8 Å². The van der Waals surface area contributed by atoms with E-state index >= 15 is 0 Å². The van der Waals surface area contributed by atoms with Crippen LogP contribution in [0, 0.1) is 0 Å². The number of hydrogen-bond acceptors (Lipinski definition) is 4. The second-order valence-electron chi connectivity index (χ2n) is 4.33. The highest BCUT2D eigenvalue weighted by Gasteiger charge is 2.21. The first-order chi connectivity index (χ1) is 10.1. The molecule has 1 N–H and O–H groups in total. The standard InChI is InChI=1S/C15H16BrClN2O2/c1-18-14(11-6-4-9(17)8-19-11)10-5-7-12(20-2)13(16)15(10)21-3/h4-8,14,18H,1-3H3. The zero-order valence-corrected chi connectivity index (χ0v) is 14.3. The molecule has 1 aromatic heterocycles. The van der Waals surface area contributed by atoms with Crippen LogP contribution < -0.4 is 14.8 Å². The molecule has 0 spiro atoms. The molecular weight excluding hydrogens is 356 g/mol. The van der Waals surface area contributed by atoms with Crippen LogP contribution in [0.3, 0.4) is 0 Å².